The molecule has 1 saturated heterocycles. The Morgan fingerprint density at radius 3 is 1.90 bits per heavy atom. The normalized spacial score (nSPS) is 15.9. The van der Waals surface area contributed by atoms with Gasteiger partial charge in [0.15, 0.2) is 0 Å². The summed E-state index contributed by atoms with van der Waals surface area (Å²) in [6.07, 6.45) is 3.48. The van der Waals surface area contributed by atoms with Gasteiger partial charge in [0.05, 0.1) is 0 Å². The molecule has 0 saturated carbocycles. The van der Waals surface area contributed by atoms with Gasteiger partial charge in [-0.25, -0.2) is 4.79 Å². The molecule has 0 bridgehead atoms. The van der Waals surface area contributed by atoms with Crippen LogP contribution < -0.4 is 0 Å². The van der Waals surface area contributed by atoms with E-state index in [0.717, 1.165) is 20.3 Å². The van der Waals surface area contributed by atoms with Crippen LogP contribution in [0.5, 0.6) is 0 Å². The second-order valence-electron chi connectivity index (χ2n) is 4.34. The van der Waals surface area contributed by atoms with Crippen molar-refractivity contribution in [2.24, 2.45) is 0 Å². The third-order valence-electron chi connectivity index (χ3n) is 3.07. The van der Waals surface area contributed by atoms with Gasteiger partial charge in [0.1, 0.15) is 5.57 Å². The Kier molecular flexibility index (Phi) is 3.94. The number of barbiturate groups is 1. The van der Waals surface area contributed by atoms with Gasteiger partial charge in [0, 0.05) is 19.0 Å². The number of amides is 4. The van der Waals surface area contributed by atoms with Gasteiger partial charge in [-0.15, -0.1) is 11.8 Å². The fourth-order valence-corrected chi connectivity index (χ4v) is 2.25. The molecule has 2 rings (SSSR count). The van der Waals surface area contributed by atoms with Crippen LogP contribution in [0.4, 0.5) is 4.79 Å². The highest BCUT2D eigenvalue weighted by atomic mass is 32.2. The molecule has 104 valence electrons. The van der Waals surface area contributed by atoms with Gasteiger partial charge in [-0.05, 0) is 30.0 Å². The average Bonchev–Trinajstić information content (AvgIpc) is 2.48. The van der Waals surface area contributed by atoms with Gasteiger partial charge < -0.3 is 0 Å². The minimum atomic E-state index is -0.616. The Hall–Kier alpha value is -2.08. The first kappa shape index (κ1) is 14.3. The van der Waals surface area contributed by atoms with Crippen LogP contribution in [0.1, 0.15) is 5.56 Å². The zero-order valence-electron chi connectivity index (χ0n) is 11.4. The van der Waals surface area contributed by atoms with Crippen molar-refractivity contribution in [3.63, 3.8) is 0 Å². The Morgan fingerprint density at radius 1 is 0.950 bits per heavy atom. The smallest absolute Gasteiger partial charge is 0.268 e. The highest BCUT2D eigenvalue weighted by molar-refractivity contribution is 7.98. The van der Waals surface area contributed by atoms with E-state index in [4.69, 9.17) is 0 Å². The van der Waals surface area contributed by atoms with Crippen molar-refractivity contribution in [3.8, 4) is 0 Å². The number of hydrogen-bond donors (Lipinski definition) is 0. The number of imide groups is 2. The number of thioether (sulfide) groups is 1. The number of rotatable bonds is 2. The third-order valence-corrected chi connectivity index (χ3v) is 3.81. The van der Waals surface area contributed by atoms with Crippen LogP contribution in [-0.4, -0.2) is 48.0 Å². The minimum absolute atomic E-state index is 0.00787. The van der Waals surface area contributed by atoms with Crippen molar-refractivity contribution in [1.29, 1.82) is 0 Å². The molecular weight excluding hydrogens is 276 g/mol. The van der Waals surface area contributed by atoms with Crippen LogP contribution in [0.25, 0.3) is 6.08 Å². The molecule has 1 aliphatic heterocycles. The van der Waals surface area contributed by atoms with Crippen LogP contribution in [0.15, 0.2) is 34.7 Å². The lowest BCUT2D eigenvalue weighted by molar-refractivity contribution is -0.134. The van der Waals surface area contributed by atoms with E-state index in [9.17, 15) is 14.4 Å². The van der Waals surface area contributed by atoms with Crippen LogP contribution >= 0.6 is 11.8 Å². The third kappa shape index (κ3) is 2.46. The maximum Gasteiger partial charge on any atom is 0.333 e. The molecule has 0 aromatic heterocycles. The number of likely N-dealkylation sites (N-methyl/N-ethyl adjacent to an activating group) is 2. The van der Waals surface area contributed by atoms with E-state index in [1.165, 1.54) is 20.2 Å². The van der Waals surface area contributed by atoms with Gasteiger partial charge in [-0.2, -0.15) is 0 Å². The Bertz CT molecular complexity index is 581. The molecular formula is C14H14N2O3S. The maximum atomic E-state index is 12.0. The quantitative estimate of drug-likeness (QED) is 0.474. The molecule has 4 amide bonds. The molecule has 0 aliphatic carbocycles. The maximum absolute atomic E-state index is 12.0. The van der Waals surface area contributed by atoms with Crippen molar-refractivity contribution in [3.05, 3.63) is 35.4 Å². The standard InChI is InChI=1S/C14H14N2O3S/c1-15-12(17)11(13(18)16(2)14(15)19)8-9-4-6-10(20-3)7-5-9/h4-8H,1-3H3. The average molecular weight is 290 g/mol. The molecule has 1 aliphatic rings. The van der Waals surface area contributed by atoms with Crippen molar-refractivity contribution in [2.75, 3.05) is 20.4 Å². The molecule has 0 radical (unpaired) electrons. The lowest BCUT2D eigenvalue weighted by atomic mass is 10.1. The Labute approximate surface area is 121 Å². The molecule has 1 heterocycles. The van der Waals surface area contributed by atoms with E-state index in [1.807, 2.05) is 30.5 Å². The largest absolute Gasteiger partial charge is 0.333 e. The first-order valence-electron chi connectivity index (χ1n) is 5.91. The van der Waals surface area contributed by atoms with E-state index >= 15 is 0 Å². The summed E-state index contributed by atoms with van der Waals surface area (Å²) < 4.78 is 0. The number of carbonyl (C=O) groups excluding carboxylic acids is 3. The van der Waals surface area contributed by atoms with Crippen molar-refractivity contribution in [1.82, 2.24) is 9.80 Å². The molecule has 6 heteroatoms. The van der Waals surface area contributed by atoms with Gasteiger partial charge >= 0.3 is 6.03 Å². The van der Waals surface area contributed by atoms with E-state index in [-0.39, 0.29) is 5.57 Å². The molecule has 1 aromatic carbocycles. The minimum Gasteiger partial charge on any atom is -0.268 e. The number of urea groups is 1. The predicted octanol–water partition coefficient (Wildman–Crippen LogP) is 1.84. The van der Waals surface area contributed by atoms with Crippen LogP contribution in [-0.2, 0) is 9.59 Å². The Morgan fingerprint density at radius 2 is 1.45 bits per heavy atom. The van der Waals surface area contributed by atoms with Gasteiger partial charge in [0.25, 0.3) is 11.8 Å². The fourth-order valence-electron chi connectivity index (χ4n) is 1.84. The molecule has 5 nitrogen and oxygen atoms in total. The summed E-state index contributed by atoms with van der Waals surface area (Å²) in [5, 5.41) is 0. The molecule has 20 heavy (non-hydrogen) atoms. The van der Waals surface area contributed by atoms with Gasteiger partial charge in [0.2, 0.25) is 0 Å². The summed E-state index contributed by atoms with van der Waals surface area (Å²) in [7, 11) is 2.72. The van der Waals surface area contributed by atoms with E-state index in [2.05, 4.69) is 0 Å². The highest BCUT2D eigenvalue weighted by Gasteiger charge is 2.37. The second-order valence-corrected chi connectivity index (χ2v) is 5.22. The number of benzene rings is 1. The van der Waals surface area contributed by atoms with E-state index in [1.54, 1.807) is 11.8 Å². The van der Waals surface area contributed by atoms with Crippen LogP contribution in [0.3, 0.4) is 0 Å². The predicted molar refractivity (Wildman–Crippen MR) is 77.1 cm³/mol. The van der Waals surface area contributed by atoms with Gasteiger partial charge in [-0.1, -0.05) is 12.1 Å². The first-order valence-corrected chi connectivity index (χ1v) is 7.14. The molecule has 0 unspecified atom stereocenters. The fraction of sp³-hybridized carbons (Fsp3) is 0.214. The van der Waals surface area contributed by atoms with Crippen molar-refractivity contribution in [2.45, 2.75) is 4.90 Å². The highest BCUT2D eigenvalue weighted by Crippen LogP contribution is 2.20. The summed E-state index contributed by atoms with van der Waals surface area (Å²) in [6.45, 7) is 0. The summed E-state index contributed by atoms with van der Waals surface area (Å²) in [4.78, 5) is 38.6. The topological polar surface area (TPSA) is 57.7 Å². The monoisotopic (exact) mass is 290 g/mol. The van der Waals surface area contributed by atoms with Crippen LogP contribution in [0.2, 0.25) is 0 Å². The zero-order chi connectivity index (χ0) is 14.9. The first-order chi connectivity index (χ1) is 9.45. The van der Waals surface area contributed by atoms with Crippen molar-refractivity contribution >= 4 is 35.7 Å². The van der Waals surface area contributed by atoms with Crippen LogP contribution in [0, 0.1) is 0 Å². The summed E-state index contributed by atoms with van der Waals surface area (Å²) in [5.41, 5.74) is 0.738. The summed E-state index contributed by atoms with van der Waals surface area (Å²) in [5.74, 6) is -1.15. The molecule has 0 spiro atoms. The lowest BCUT2D eigenvalue weighted by Gasteiger charge is -2.28. The molecule has 1 fully saturated rings. The van der Waals surface area contributed by atoms with Crippen molar-refractivity contribution < 1.29 is 14.4 Å². The lowest BCUT2D eigenvalue weighted by Crippen LogP contribution is -2.52. The number of nitrogens with zero attached hydrogens (tertiary/aromatic N) is 2. The summed E-state index contributed by atoms with van der Waals surface area (Å²) >= 11 is 1.61. The van der Waals surface area contributed by atoms with E-state index < -0.39 is 17.8 Å². The number of hydrogen-bond acceptors (Lipinski definition) is 4. The molecule has 0 atom stereocenters. The molecule has 0 N–H and O–H groups in total. The zero-order valence-corrected chi connectivity index (χ0v) is 12.2. The SMILES string of the molecule is CSc1ccc(C=C2C(=O)N(C)C(=O)N(C)C2=O)cc1. The summed E-state index contributed by atoms with van der Waals surface area (Å²) in [6, 6.07) is 6.86. The Balaban J connectivity index is 2.38. The van der Waals surface area contributed by atoms with E-state index in [0.29, 0.717) is 0 Å². The molecule has 1 aromatic rings. The second kappa shape index (κ2) is 5.50. The number of carbonyl (C=O) groups is 3. The van der Waals surface area contributed by atoms with Gasteiger partial charge in [-0.3, -0.25) is 19.4 Å².